The lowest BCUT2D eigenvalue weighted by Crippen LogP contribution is -2.39. The maximum atomic E-state index is 13.9. The van der Waals surface area contributed by atoms with Crippen LogP contribution in [0.25, 0.3) is 0 Å². The van der Waals surface area contributed by atoms with E-state index in [9.17, 15) is 9.18 Å². The zero-order chi connectivity index (χ0) is 13.1. The highest BCUT2D eigenvalue weighted by Crippen LogP contribution is 2.30. The second-order valence-corrected chi connectivity index (χ2v) is 5.70. The summed E-state index contributed by atoms with van der Waals surface area (Å²) in [6, 6.07) is 4.23. The van der Waals surface area contributed by atoms with E-state index >= 15 is 0 Å². The summed E-state index contributed by atoms with van der Waals surface area (Å²) < 4.78 is 13.9. The monoisotopic (exact) mass is 269 g/mol. The van der Waals surface area contributed by atoms with Crippen LogP contribution in [0.15, 0.2) is 18.2 Å². The fraction of sp³-hybridized carbons (Fsp3) is 0.462. The van der Waals surface area contributed by atoms with Crippen molar-refractivity contribution in [1.29, 1.82) is 0 Å². The van der Waals surface area contributed by atoms with E-state index < -0.39 is 11.8 Å². The lowest BCUT2D eigenvalue weighted by Gasteiger charge is -2.34. The highest BCUT2D eigenvalue weighted by Gasteiger charge is 2.25. The molecule has 1 N–H and O–H groups in total. The molecule has 1 heterocycles. The molecule has 0 radical (unpaired) electrons. The number of carboxylic acid groups (broad SMARTS) is 1. The van der Waals surface area contributed by atoms with Crippen LogP contribution in [-0.2, 0) is 0 Å². The summed E-state index contributed by atoms with van der Waals surface area (Å²) >= 11 is 1.87. The quantitative estimate of drug-likeness (QED) is 0.916. The molecule has 1 unspecified atom stereocenters. The van der Waals surface area contributed by atoms with E-state index in [1.54, 1.807) is 0 Å². The third-order valence-electron chi connectivity index (χ3n) is 3.13. The lowest BCUT2D eigenvalue weighted by atomic mass is 10.1. The van der Waals surface area contributed by atoms with E-state index in [2.05, 4.69) is 6.92 Å². The molecule has 0 spiro atoms. The van der Waals surface area contributed by atoms with Crippen LogP contribution in [0, 0.1) is 5.82 Å². The lowest BCUT2D eigenvalue weighted by molar-refractivity contribution is 0.0697. The van der Waals surface area contributed by atoms with Crippen molar-refractivity contribution in [3.05, 3.63) is 29.6 Å². The number of rotatable bonds is 3. The molecule has 0 aliphatic carbocycles. The molecular formula is C13H16FNO2S. The van der Waals surface area contributed by atoms with Crippen LogP contribution < -0.4 is 4.90 Å². The van der Waals surface area contributed by atoms with Crippen LogP contribution in [0.2, 0.25) is 0 Å². The Balaban J connectivity index is 2.34. The zero-order valence-corrected chi connectivity index (χ0v) is 11.0. The summed E-state index contributed by atoms with van der Waals surface area (Å²) in [7, 11) is 0. The van der Waals surface area contributed by atoms with Gasteiger partial charge in [0.2, 0.25) is 0 Å². The fourth-order valence-electron chi connectivity index (χ4n) is 2.18. The number of anilines is 1. The zero-order valence-electron chi connectivity index (χ0n) is 10.2. The van der Waals surface area contributed by atoms with E-state index in [4.69, 9.17) is 5.11 Å². The standard InChI is InChI=1S/C13H16FNO2S/c1-2-9-8-15(6-7-18-9)12-10(13(16)17)4-3-5-11(12)14/h3-5,9H,2,6-8H2,1H3,(H,16,17). The first-order chi connectivity index (χ1) is 8.63. The summed E-state index contributed by atoms with van der Waals surface area (Å²) in [6.07, 6.45) is 1.01. The van der Waals surface area contributed by atoms with Gasteiger partial charge in [0.25, 0.3) is 0 Å². The van der Waals surface area contributed by atoms with Crippen LogP contribution in [0.3, 0.4) is 0 Å². The minimum absolute atomic E-state index is 0.0525. The average Bonchev–Trinajstić information content (AvgIpc) is 2.38. The van der Waals surface area contributed by atoms with Gasteiger partial charge in [-0.15, -0.1) is 0 Å². The number of aromatic carboxylic acids is 1. The number of nitrogens with zero attached hydrogens (tertiary/aromatic N) is 1. The number of hydrogen-bond acceptors (Lipinski definition) is 3. The number of para-hydroxylation sites is 1. The van der Waals surface area contributed by atoms with Crippen molar-refractivity contribution in [3.8, 4) is 0 Å². The fourth-order valence-corrected chi connectivity index (χ4v) is 3.36. The van der Waals surface area contributed by atoms with Gasteiger partial charge in [0.1, 0.15) is 5.82 Å². The second-order valence-electron chi connectivity index (χ2n) is 4.29. The molecule has 1 fully saturated rings. The molecule has 0 aromatic heterocycles. The van der Waals surface area contributed by atoms with Gasteiger partial charge < -0.3 is 10.0 Å². The molecule has 2 rings (SSSR count). The van der Waals surface area contributed by atoms with Gasteiger partial charge in [0.05, 0.1) is 11.3 Å². The Morgan fingerprint density at radius 1 is 1.61 bits per heavy atom. The van der Waals surface area contributed by atoms with E-state index in [-0.39, 0.29) is 11.3 Å². The summed E-state index contributed by atoms with van der Waals surface area (Å²) in [4.78, 5) is 13.0. The maximum Gasteiger partial charge on any atom is 0.337 e. The van der Waals surface area contributed by atoms with Gasteiger partial charge in [-0.3, -0.25) is 0 Å². The second kappa shape index (κ2) is 5.61. The Labute approximate surface area is 110 Å². The number of hydrogen-bond donors (Lipinski definition) is 1. The highest BCUT2D eigenvalue weighted by molar-refractivity contribution is 8.00. The van der Waals surface area contributed by atoms with Gasteiger partial charge in [0, 0.05) is 24.1 Å². The molecule has 1 saturated heterocycles. The molecule has 5 heteroatoms. The molecule has 0 saturated carbocycles. The topological polar surface area (TPSA) is 40.5 Å². The molecule has 1 aliphatic rings. The van der Waals surface area contributed by atoms with Gasteiger partial charge in [0.15, 0.2) is 0 Å². The molecule has 1 aromatic carbocycles. The molecule has 1 aromatic rings. The predicted molar refractivity (Wildman–Crippen MR) is 72.1 cm³/mol. The first-order valence-corrected chi connectivity index (χ1v) is 7.06. The Morgan fingerprint density at radius 2 is 2.39 bits per heavy atom. The number of carboxylic acids is 1. The smallest absolute Gasteiger partial charge is 0.337 e. The van der Waals surface area contributed by atoms with E-state index in [1.807, 2.05) is 16.7 Å². The van der Waals surface area contributed by atoms with Gasteiger partial charge in [-0.05, 0) is 18.6 Å². The van der Waals surface area contributed by atoms with E-state index in [1.165, 1.54) is 18.2 Å². The molecule has 98 valence electrons. The third-order valence-corrected chi connectivity index (χ3v) is 4.50. The van der Waals surface area contributed by atoms with Gasteiger partial charge >= 0.3 is 5.97 Å². The average molecular weight is 269 g/mol. The number of thioether (sulfide) groups is 1. The summed E-state index contributed by atoms with van der Waals surface area (Å²) in [5, 5.41) is 9.59. The minimum atomic E-state index is -1.07. The Morgan fingerprint density at radius 3 is 3.06 bits per heavy atom. The SMILES string of the molecule is CCC1CN(c2c(F)cccc2C(=O)O)CCS1. The van der Waals surface area contributed by atoms with Crippen molar-refractivity contribution in [3.63, 3.8) is 0 Å². The normalized spacial score (nSPS) is 19.9. The Kier molecular flexibility index (Phi) is 4.11. The molecule has 18 heavy (non-hydrogen) atoms. The Bertz CT molecular complexity index is 453. The molecular weight excluding hydrogens is 253 g/mol. The van der Waals surface area contributed by atoms with Crippen LogP contribution in [0.1, 0.15) is 23.7 Å². The van der Waals surface area contributed by atoms with Crippen molar-refractivity contribution in [1.82, 2.24) is 0 Å². The van der Waals surface area contributed by atoms with Gasteiger partial charge in [-0.1, -0.05) is 13.0 Å². The Hall–Kier alpha value is -1.23. The summed E-state index contributed by atoms with van der Waals surface area (Å²) in [5.74, 6) is -0.612. The molecule has 1 aliphatic heterocycles. The maximum absolute atomic E-state index is 13.9. The third kappa shape index (κ3) is 2.61. The van der Waals surface area contributed by atoms with Gasteiger partial charge in [-0.2, -0.15) is 11.8 Å². The van der Waals surface area contributed by atoms with Crippen molar-refractivity contribution in [2.45, 2.75) is 18.6 Å². The number of benzene rings is 1. The summed E-state index contributed by atoms with van der Waals surface area (Å²) in [5.41, 5.74) is 0.292. The molecule has 1 atom stereocenters. The predicted octanol–water partition coefficient (Wildman–Crippen LogP) is 2.86. The first kappa shape index (κ1) is 13.2. The molecule has 0 bridgehead atoms. The van der Waals surface area contributed by atoms with Crippen molar-refractivity contribution >= 4 is 23.4 Å². The largest absolute Gasteiger partial charge is 0.478 e. The van der Waals surface area contributed by atoms with Crippen LogP contribution in [0.4, 0.5) is 10.1 Å². The van der Waals surface area contributed by atoms with Crippen LogP contribution in [0.5, 0.6) is 0 Å². The molecule has 3 nitrogen and oxygen atoms in total. The van der Waals surface area contributed by atoms with E-state index in [0.29, 0.717) is 18.3 Å². The van der Waals surface area contributed by atoms with E-state index in [0.717, 1.165) is 12.2 Å². The first-order valence-electron chi connectivity index (χ1n) is 6.01. The van der Waals surface area contributed by atoms with Gasteiger partial charge in [-0.25, -0.2) is 9.18 Å². The summed E-state index contributed by atoms with van der Waals surface area (Å²) in [6.45, 7) is 3.51. The number of halogens is 1. The van der Waals surface area contributed by atoms with Crippen molar-refractivity contribution in [2.75, 3.05) is 23.7 Å². The van der Waals surface area contributed by atoms with Crippen LogP contribution >= 0.6 is 11.8 Å². The minimum Gasteiger partial charge on any atom is -0.478 e. The van der Waals surface area contributed by atoms with Crippen molar-refractivity contribution < 1.29 is 14.3 Å². The van der Waals surface area contributed by atoms with Crippen LogP contribution in [-0.4, -0.2) is 35.2 Å². The number of carbonyl (C=O) groups is 1. The molecule has 0 amide bonds. The highest BCUT2D eigenvalue weighted by atomic mass is 32.2. The van der Waals surface area contributed by atoms with Crippen molar-refractivity contribution in [2.24, 2.45) is 0 Å².